The number of aryl methyl sites for hydroxylation is 1. The van der Waals surface area contributed by atoms with Crippen molar-refractivity contribution < 1.29 is 9.90 Å². The van der Waals surface area contributed by atoms with E-state index in [0.717, 1.165) is 27.3 Å². The maximum absolute atomic E-state index is 11.1. The smallest absolute Gasteiger partial charge is 0.307 e. The molecular formula is C18H22N2O2. The van der Waals surface area contributed by atoms with Gasteiger partial charge < -0.3 is 9.67 Å². The van der Waals surface area contributed by atoms with E-state index in [1.165, 1.54) is 0 Å². The molecule has 0 aliphatic rings. The first kappa shape index (κ1) is 17.4. The average molecular weight is 298 g/mol. The lowest BCUT2D eigenvalue weighted by Gasteiger charge is -2.00. The Hall–Kier alpha value is -2.62. The first-order chi connectivity index (χ1) is 10.4. The van der Waals surface area contributed by atoms with Crippen LogP contribution in [0.4, 0.5) is 0 Å². The van der Waals surface area contributed by atoms with Crippen LogP contribution in [0.2, 0.25) is 0 Å². The minimum atomic E-state index is -0.856. The molecule has 0 bridgehead atoms. The van der Waals surface area contributed by atoms with Gasteiger partial charge in [0.1, 0.15) is 0 Å². The molecule has 0 aromatic carbocycles. The second kappa shape index (κ2) is 7.98. The van der Waals surface area contributed by atoms with E-state index in [1.807, 2.05) is 56.0 Å². The molecule has 0 saturated heterocycles. The van der Waals surface area contributed by atoms with E-state index in [9.17, 15) is 4.79 Å². The van der Waals surface area contributed by atoms with Gasteiger partial charge in [-0.05, 0) is 43.4 Å². The van der Waals surface area contributed by atoms with Crippen LogP contribution < -0.4 is 10.6 Å². The average Bonchev–Trinajstić information content (AvgIpc) is 2.73. The van der Waals surface area contributed by atoms with Gasteiger partial charge >= 0.3 is 5.97 Å². The lowest BCUT2D eigenvalue weighted by molar-refractivity contribution is -0.136. The Labute approximate surface area is 130 Å². The molecule has 0 unspecified atom stereocenters. The summed E-state index contributed by atoms with van der Waals surface area (Å²) >= 11 is 0. The molecule has 1 aromatic rings. The number of aliphatic imine (C=N–C) groups is 1. The summed E-state index contributed by atoms with van der Waals surface area (Å²) in [5.74, 6) is -0.856. The Morgan fingerprint density at radius 1 is 1.45 bits per heavy atom. The molecule has 0 atom stereocenters. The largest absolute Gasteiger partial charge is 0.481 e. The quantitative estimate of drug-likeness (QED) is 0.644. The third-order valence-corrected chi connectivity index (χ3v) is 3.23. The predicted molar refractivity (Wildman–Crippen MR) is 92.2 cm³/mol. The van der Waals surface area contributed by atoms with Crippen LogP contribution in [0, 0.1) is 0 Å². The topological polar surface area (TPSA) is 54.6 Å². The molecule has 22 heavy (non-hydrogen) atoms. The predicted octanol–water partition coefficient (Wildman–Crippen LogP) is 1.95. The van der Waals surface area contributed by atoms with Crippen LogP contribution in [-0.4, -0.2) is 22.4 Å². The van der Waals surface area contributed by atoms with E-state index in [2.05, 4.69) is 18.3 Å². The Morgan fingerprint density at radius 3 is 2.64 bits per heavy atom. The van der Waals surface area contributed by atoms with Crippen LogP contribution in [0.15, 0.2) is 47.3 Å². The second-order valence-corrected chi connectivity index (χ2v) is 4.86. The van der Waals surface area contributed by atoms with Crippen molar-refractivity contribution in [3.8, 4) is 0 Å². The normalized spacial score (nSPS) is 13.9. The minimum absolute atomic E-state index is 0.0246. The molecule has 4 heteroatoms. The van der Waals surface area contributed by atoms with Gasteiger partial charge in [-0.1, -0.05) is 24.8 Å². The first-order valence-electron chi connectivity index (χ1n) is 6.96. The molecule has 0 spiro atoms. The second-order valence-electron chi connectivity index (χ2n) is 4.86. The lowest BCUT2D eigenvalue weighted by Crippen LogP contribution is -2.29. The van der Waals surface area contributed by atoms with E-state index in [0.29, 0.717) is 0 Å². The van der Waals surface area contributed by atoms with E-state index in [4.69, 9.17) is 5.11 Å². The maximum atomic E-state index is 11.1. The standard InChI is InChI=1S/C18H22N2O2/c1-6-8-14(11-19-4)13(3)9-16-15(10-18(21)22)12-20(5)17(16)7-2/h6-9,11-12H,3-4,10H2,1-2,5H3,(H,21,22)/b8-6-,14-11+,16-9-,17-7+. The van der Waals surface area contributed by atoms with Gasteiger partial charge in [-0.15, -0.1) is 0 Å². The summed E-state index contributed by atoms with van der Waals surface area (Å²) in [6, 6.07) is 0. The Balaban J connectivity index is 3.53. The number of hydrogen-bond acceptors (Lipinski definition) is 2. The maximum Gasteiger partial charge on any atom is 0.307 e. The van der Waals surface area contributed by atoms with Gasteiger partial charge in [-0.2, -0.15) is 0 Å². The van der Waals surface area contributed by atoms with Gasteiger partial charge in [0.15, 0.2) is 0 Å². The number of aliphatic carboxylic acids is 1. The highest BCUT2D eigenvalue weighted by Gasteiger charge is 2.07. The van der Waals surface area contributed by atoms with E-state index in [-0.39, 0.29) is 6.42 Å². The fraction of sp³-hybridized carbons (Fsp3) is 0.222. The number of rotatable bonds is 6. The Bertz CT molecular complexity index is 762. The Morgan fingerprint density at radius 2 is 2.14 bits per heavy atom. The Kier molecular flexibility index (Phi) is 6.32. The fourth-order valence-corrected chi connectivity index (χ4v) is 2.33. The molecule has 0 amide bonds. The highest BCUT2D eigenvalue weighted by molar-refractivity contribution is 5.71. The third kappa shape index (κ3) is 4.19. The molecule has 0 fully saturated rings. The summed E-state index contributed by atoms with van der Waals surface area (Å²) in [7, 11) is 1.90. The van der Waals surface area contributed by atoms with Crippen molar-refractivity contribution in [1.29, 1.82) is 0 Å². The number of carboxylic acid groups (broad SMARTS) is 1. The molecule has 116 valence electrons. The van der Waals surface area contributed by atoms with Crippen LogP contribution in [0.5, 0.6) is 0 Å². The van der Waals surface area contributed by atoms with Crippen molar-refractivity contribution in [2.75, 3.05) is 0 Å². The highest BCUT2D eigenvalue weighted by Crippen LogP contribution is 2.11. The molecule has 1 aromatic heterocycles. The van der Waals surface area contributed by atoms with Gasteiger partial charge in [0.05, 0.1) is 6.42 Å². The van der Waals surface area contributed by atoms with E-state index < -0.39 is 5.97 Å². The summed E-state index contributed by atoms with van der Waals surface area (Å²) in [5, 5.41) is 10.9. The molecule has 0 saturated carbocycles. The summed E-state index contributed by atoms with van der Waals surface area (Å²) in [6.07, 6.45) is 11.1. The molecule has 4 nitrogen and oxygen atoms in total. The lowest BCUT2D eigenvalue weighted by atomic mass is 10.1. The minimum Gasteiger partial charge on any atom is -0.481 e. The van der Waals surface area contributed by atoms with Crippen LogP contribution in [0.3, 0.4) is 0 Å². The summed E-state index contributed by atoms with van der Waals surface area (Å²) in [5.41, 5.74) is 2.35. The van der Waals surface area contributed by atoms with Gasteiger partial charge in [0.25, 0.3) is 0 Å². The van der Waals surface area contributed by atoms with Crippen LogP contribution >= 0.6 is 0 Å². The summed E-state index contributed by atoms with van der Waals surface area (Å²) < 4.78 is 1.92. The van der Waals surface area contributed by atoms with Crippen molar-refractivity contribution in [3.63, 3.8) is 0 Å². The van der Waals surface area contributed by atoms with Crippen molar-refractivity contribution in [2.24, 2.45) is 12.0 Å². The zero-order chi connectivity index (χ0) is 16.7. The molecule has 1 heterocycles. The SMILES string of the molecule is C=N/C=C(\C=C/C)C(=C)/C=c1/c(CC(=O)O)cn(C)/c1=C/C. The van der Waals surface area contributed by atoms with Crippen LogP contribution in [-0.2, 0) is 18.3 Å². The van der Waals surface area contributed by atoms with Gasteiger partial charge in [0, 0.05) is 30.0 Å². The number of aromatic nitrogens is 1. The molecular weight excluding hydrogens is 276 g/mol. The zero-order valence-corrected chi connectivity index (χ0v) is 13.3. The zero-order valence-electron chi connectivity index (χ0n) is 13.3. The van der Waals surface area contributed by atoms with E-state index in [1.54, 1.807) is 6.20 Å². The van der Waals surface area contributed by atoms with Crippen molar-refractivity contribution >= 4 is 24.8 Å². The van der Waals surface area contributed by atoms with Crippen molar-refractivity contribution in [1.82, 2.24) is 4.57 Å². The summed E-state index contributed by atoms with van der Waals surface area (Å²) in [4.78, 5) is 14.8. The van der Waals surface area contributed by atoms with Gasteiger partial charge in [-0.3, -0.25) is 9.79 Å². The third-order valence-electron chi connectivity index (χ3n) is 3.23. The van der Waals surface area contributed by atoms with E-state index >= 15 is 0 Å². The molecule has 1 N–H and O–H groups in total. The van der Waals surface area contributed by atoms with Crippen molar-refractivity contribution in [2.45, 2.75) is 20.3 Å². The van der Waals surface area contributed by atoms with Crippen LogP contribution in [0.25, 0.3) is 12.2 Å². The van der Waals surface area contributed by atoms with Gasteiger partial charge in [0.2, 0.25) is 0 Å². The molecule has 0 aliphatic heterocycles. The van der Waals surface area contributed by atoms with Gasteiger partial charge in [-0.25, -0.2) is 0 Å². The first-order valence-corrected chi connectivity index (χ1v) is 6.96. The number of allylic oxidation sites excluding steroid dienone is 4. The number of carbonyl (C=O) groups is 1. The monoisotopic (exact) mass is 298 g/mol. The fourth-order valence-electron chi connectivity index (χ4n) is 2.33. The number of hydrogen-bond donors (Lipinski definition) is 1. The van der Waals surface area contributed by atoms with Crippen molar-refractivity contribution in [3.05, 3.63) is 58.4 Å². The molecule has 1 rings (SSSR count). The number of carboxylic acids is 1. The van der Waals surface area contributed by atoms with Crippen LogP contribution in [0.1, 0.15) is 19.4 Å². The highest BCUT2D eigenvalue weighted by atomic mass is 16.4. The molecule has 0 aliphatic carbocycles. The number of nitrogens with zero attached hydrogens (tertiary/aromatic N) is 2. The summed E-state index contributed by atoms with van der Waals surface area (Å²) in [6.45, 7) is 11.4. The molecule has 0 radical (unpaired) electrons.